The summed E-state index contributed by atoms with van der Waals surface area (Å²) in [6, 6.07) is 3.98. The van der Waals surface area contributed by atoms with E-state index in [0.717, 1.165) is 0 Å². The molecular weight excluding hydrogens is 329 g/mol. The number of nitrogens with one attached hydrogen (secondary N) is 1. The summed E-state index contributed by atoms with van der Waals surface area (Å²) in [5.74, 6) is -0.312. The van der Waals surface area contributed by atoms with Gasteiger partial charge < -0.3 is 15.2 Å². The van der Waals surface area contributed by atoms with E-state index in [4.69, 9.17) is 4.74 Å². The highest BCUT2D eigenvalue weighted by Gasteiger charge is 2.27. The van der Waals surface area contributed by atoms with Crippen LogP contribution in [0.15, 0.2) is 22.7 Å². The van der Waals surface area contributed by atoms with Crippen molar-refractivity contribution in [3.8, 4) is 5.75 Å². The van der Waals surface area contributed by atoms with Gasteiger partial charge in [-0.05, 0) is 47.0 Å². The van der Waals surface area contributed by atoms with Gasteiger partial charge in [0.2, 0.25) is 0 Å². The van der Waals surface area contributed by atoms with Crippen LogP contribution < -0.4 is 10.1 Å². The molecule has 112 valence electrons. The quantitative estimate of drug-likeness (QED) is 0.797. The van der Waals surface area contributed by atoms with Crippen molar-refractivity contribution < 1.29 is 19.0 Å². The average molecular weight is 348 g/mol. The van der Waals surface area contributed by atoms with Crippen molar-refractivity contribution in [2.45, 2.75) is 32.2 Å². The molecule has 0 aliphatic rings. The molecule has 0 fully saturated rings. The molecule has 0 heterocycles. The maximum Gasteiger partial charge on any atom is 0.258 e. The van der Waals surface area contributed by atoms with Gasteiger partial charge in [0.15, 0.2) is 6.61 Å². The van der Waals surface area contributed by atoms with Crippen molar-refractivity contribution in [2.75, 3.05) is 13.2 Å². The summed E-state index contributed by atoms with van der Waals surface area (Å²) in [4.78, 5) is 11.9. The first-order valence-electron chi connectivity index (χ1n) is 6.46. The fourth-order valence-corrected chi connectivity index (χ4v) is 2.22. The molecule has 20 heavy (non-hydrogen) atoms. The molecule has 0 radical (unpaired) electrons. The van der Waals surface area contributed by atoms with E-state index in [1.54, 1.807) is 0 Å². The molecule has 0 aromatic heterocycles. The highest BCUT2D eigenvalue weighted by atomic mass is 79.9. The summed E-state index contributed by atoms with van der Waals surface area (Å²) >= 11 is 3.16. The zero-order valence-electron chi connectivity index (χ0n) is 11.6. The lowest BCUT2D eigenvalue weighted by atomic mass is 9.94. The minimum Gasteiger partial charge on any atom is -0.483 e. The SMILES string of the molecule is CCC(CC)(CO)NC(=O)COc1ccc(F)cc1Br. The Morgan fingerprint density at radius 2 is 2.10 bits per heavy atom. The third-order valence-corrected chi connectivity index (χ3v) is 3.93. The first-order chi connectivity index (χ1) is 9.46. The number of halogens is 2. The zero-order valence-corrected chi connectivity index (χ0v) is 13.2. The van der Waals surface area contributed by atoms with Gasteiger partial charge in [0.05, 0.1) is 16.6 Å². The van der Waals surface area contributed by atoms with Gasteiger partial charge in [-0.25, -0.2) is 4.39 Å². The lowest BCUT2D eigenvalue weighted by molar-refractivity contribution is -0.125. The van der Waals surface area contributed by atoms with Crippen molar-refractivity contribution in [1.82, 2.24) is 5.32 Å². The number of hydrogen-bond donors (Lipinski definition) is 2. The molecule has 1 rings (SSSR count). The highest BCUT2D eigenvalue weighted by Crippen LogP contribution is 2.25. The fourth-order valence-electron chi connectivity index (χ4n) is 1.76. The number of rotatable bonds is 7. The van der Waals surface area contributed by atoms with Crippen molar-refractivity contribution in [2.24, 2.45) is 0 Å². The van der Waals surface area contributed by atoms with Crippen molar-refractivity contribution in [3.05, 3.63) is 28.5 Å². The molecule has 0 spiro atoms. The molecule has 0 aliphatic carbocycles. The van der Waals surface area contributed by atoms with Gasteiger partial charge in [0, 0.05) is 0 Å². The predicted octanol–water partition coefficient (Wildman–Crippen LogP) is 2.63. The zero-order chi connectivity index (χ0) is 15.2. The monoisotopic (exact) mass is 347 g/mol. The summed E-state index contributed by atoms with van der Waals surface area (Å²) in [5.41, 5.74) is -0.611. The summed E-state index contributed by atoms with van der Waals surface area (Å²) < 4.78 is 18.7. The third kappa shape index (κ3) is 4.45. The molecule has 1 aromatic rings. The van der Waals surface area contributed by atoms with Crippen LogP contribution >= 0.6 is 15.9 Å². The first kappa shape index (κ1) is 16.9. The predicted molar refractivity (Wildman–Crippen MR) is 78.1 cm³/mol. The van der Waals surface area contributed by atoms with Crippen LogP contribution in [0, 0.1) is 5.82 Å². The van der Waals surface area contributed by atoms with Crippen molar-refractivity contribution >= 4 is 21.8 Å². The van der Waals surface area contributed by atoms with Crippen LogP contribution in [-0.4, -0.2) is 29.8 Å². The molecule has 6 heteroatoms. The Labute approximate surface area is 126 Å². The van der Waals surface area contributed by atoms with Gasteiger partial charge in [-0.2, -0.15) is 0 Å². The molecule has 0 bridgehead atoms. The van der Waals surface area contributed by atoms with E-state index in [0.29, 0.717) is 23.1 Å². The number of aliphatic hydroxyl groups excluding tert-OH is 1. The van der Waals surface area contributed by atoms with Crippen LogP contribution in [-0.2, 0) is 4.79 Å². The molecule has 0 saturated carbocycles. The Bertz CT molecular complexity index is 455. The number of ether oxygens (including phenoxy) is 1. The van der Waals surface area contributed by atoms with Gasteiger partial charge in [0.25, 0.3) is 5.91 Å². The summed E-state index contributed by atoms with van der Waals surface area (Å²) in [5, 5.41) is 12.2. The van der Waals surface area contributed by atoms with Crippen LogP contribution in [0.3, 0.4) is 0 Å². The largest absolute Gasteiger partial charge is 0.483 e. The van der Waals surface area contributed by atoms with Crippen molar-refractivity contribution in [1.29, 1.82) is 0 Å². The van der Waals surface area contributed by atoms with Gasteiger partial charge in [0.1, 0.15) is 11.6 Å². The Morgan fingerprint density at radius 1 is 1.45 bits per heavy atom. The second kappa shape index (κ2) is 7.59. The van der Waals surface area contributed by atoms with E-state index in [1.165, 1.54) is 18.2 Å². The Balaban J connectivity index is 2.59. The number of aliphatic hydroxyl groups is 1. The van der Waals surface area contributed by atoms with E-state index in [1.807, 2.05) is 13.8 Å². The van der Waals surface area contributed by atoms with Crippen LogP contribution in [0.1, 0.15) is 26.7 Å². The Kier molecular flexibility index (Phi) is 6.42. The van der Waals surface area contributed by atoms with Crippen LogP contribution in [0.25, 0.3) is 0 Å². The van der Waals surface area contributed by atoms with Crippen LogP contribution in [0.4, 0.5) is 4.39 Å². The molecule has 1 aromatic carbocycles. The fraction of sp³-hybridized carbons (Fsp3) is 0.500. The third-order valence-electron chi connectivity index (χ3n) is 3.31. The Hall–Kier alpha value is -1.14. The minimum atomic E-state index is -0.611. The number of hydrogen-bond acceptors (Lipinski definition) is 3. The lowest BCUT2D eigenvalue weighted by Crippen LogP contribution is -2.51. The molecule has 0 saturated heterocycles. The van der Waals surface area contributed by atoms with Gasteiger partial charge in [-0.15, -0.1) is 0 Å². The van der Waals surface area contributed by atoms with Gasteiger partial charge in [-0.3, -0.25) is 4.79 Å². The van der Waals surface area contributed by atoms with E-state index in [2.05, 4.69) is 21.2 Å². The van der Waals surface area contributed by atoms with Crippen LogP contribution in [0.2, 0.25) is 0 Å². The minimum absolute atomic E-state index is 0.119. The summed E-state index contributed by atoms with van der Waals surface area (Å²) in [6.45, 7) is 3.49. The van der Waals surface area contributed by atoms with E-state index in [9.17, 15) is 14.3 Å². The maximum absolute atomic E-state index is 12.9. The highest BCUT2D eigenvalue weighted by molar-refractivity contribution is 9.10. The molecule has 2 N–H and O–H groups in total. The second-order valence-corrected chi connectivity index (χ2v) is 5.41. The normalized spacial score (nSPS) is 11.2. The second-order valence-electron chi connectivity index (χ2n) is 4.56. The van der Waals surface area contributed by atoms with Crippen molar-refractivity contribution in [3.63, 3.8) is 0 Å². The topological polar surface area (TPSA) is 58.6 Å². The number of carbonyl (C=O) groups excluding carboxylic acids is 1. The molecule has 0 aliphatic heterocycles. The average Bonchev–Trinajstić information content (AvgIpc) is 2.44. The molecule has 4 nitrogen and oxygen atoms in total. The summed E-state index contributed by atoms with van der Waals surface area (Å²) in [7, 11) is 0. The van der Waals surface area contributed by atoms with E-state index in [-0.39, 0.29) is 24.9 Å². The number of amides is 1. The molecule has 0 atom stereocenters. The molecule has 1 amide bonds. The number of carbonyl (C=O) groups is 1. The smallest absolute Gasteiger partial charge is 0.258 e. The standard InChI is InChI=1S/C14H19BrFNO3/c1-3-14(4-2,9-18)17-13(19)8-20-12-6-5-10(16)7-11(12)15/h5-7,18H,3-4,8-9H2,1-2H3,(H,17,19). The molecular formula is C14H19BrFNO3. The lowest BCUT2D eigenvalue weighted by Gasteiger charge is -2.30. The first-order valence-corrected chi connectivity index (χ1v) is 7.25. The van der Waals surface area contributed by atoms with Gasteiger partial charge >= 0.3 is 0 Å². The number of benzene rings is 1. The maximum atomic E-state index is 12.9. The van der Waals surface area contributed by atoms with Gasteiger partial charge in [-0.1, -0.05) is 13.8 Å². The molecule has 0 unspecified atom stereocenters. The van der Waals surface area contributed by atoms with E-state index >= 15 is 0 Å². The summed E-state index contributed by atoms with van der Waals surface area (Å²) in [6.07, 6.45) is 1.26. The van der Waals surface area contributed by atoms with E-state index < -0.39 is 5.54 Å². The Morgan fingerprint density at radius 3 is 2.60 bits per heavy atom. The van der Waals surface area contributed by atoms with Crippen LogP contribution in [0.5, 0.6) is 5.75 Å².